The third-order valence-electron chi connectivity index (χ3n) is 3.14. The summed E-state index contributed by atoms with van der Waals surface area (Å²) < 4.78 is 33.9. The van der Waals surface area contributed by atoms with Gasteiger partial charge in [-0.1, -0.05) is 0 Å². The number of thiazole rings is 1. The van der Waals surface area contributed by atoms with Crippen LogP contribution in [0.1, 0.15) is 6.92 Å². The highest BCUT2D eigenvalue weighted by Crippen LogP contribution is 2.28. The number of imidazole rings is 1. The van der Waals surface area contributed by atoms with Crippen molar-refractivity contribution in [3.8, 4) is 0 Å². The molecule has 0 saturated carbocycles. The fraction of sp³-hybridized carbons (Fsp3) is 0.500. The van der Waals surface area contributed by atoms with Crippen molar-refractivity contribution in [2.45, 2.75) is 18.1 Å². The molecule has 0 amide bonds. The summed E-state index contributed by atoms with van der Waals surface area (Å²) >= 11 is 1.35. The largest absolute Gasteiger partial charge is 0.376 e. The van der Waals surface area contributed by atoms with Gasteiger partial charge in [0.05, 0.1) is 12.7 Å². The Morgan fingerprint density at radius 3 is 3.10 bits per heavy atom. The summed E-state index contributed by atoms with van der Waals surface area (Å²) in [6.07, 6.45) is 1.55. The van der Waals surface area contributed by atoms with Crippen molar-refractivity contribution >= 4 is 32.1 Å². The average Bonchev–Trinajstić information content (AvgIpc) is 2.97. The first-order valence-electron chi connectivity index (χ1n) is 6.08. The Kier molecular flexibility index (Phi) is 3.42. The Labute approximate surface area is 120 Å². The zero-order valence-electron chi connectivity index (χ0n) is 10.8. The SMILES string of the molecule is CC1CN(S(=O)(=O)c2c(NN)nc3sccn23)CCO1. The van der Waals surface area contributed by atoms with Crippen LogP contribution in [0.5, 0.6) is 0 Å². The number of nitrogen functional groups attached to an aromatic ring is 1. The van der Waals surface area contributed by atoms with Gasteiger partial charge in [-0.2, -0.15) is 9.29 Å². The number of rotatable bonds is 3. The Hall–Kier alpha value is -1.20. The Balaban J connectivity index is 2.10. The van der Waals surface area contributed by atoms with Gasteiger partial charge in [-0.05, 0) is 6.92 Å². The van der Waals surface area contributed by atoms with Gasteiger partial charge < -0.3 is 10.2 Å². The summed E-state index contributed by atoms with van der Waals surface area (Å²) in [5, 5.41) is 1.86. The van der Waals surface area contributed by atoms with E-state index in [1.165, 1.54) is 20.0 Å². The van der Waals surface area contributed by atoms with Crippen LogP contribution in [-0.4, -0.2) is 47.9 Å². The molecule has 1 aliphatic heterocycles. The molecule has 10 heteroatoms. The van der Waals surface area contributed by atoms with E-state index in [2.05, 4.69) is 10.4 Å². The van der Waals surface area contributed by atoms with E-state index in [0.29, 0.717) is 24.7 Å². The molecule has 2 aromatic heterocycles. The molecule has 1 saturated heterocycles. The van der Waals surface area contributed by atoms with Crippen LogP contribution >= 0.6 is 11.3 Å². The van der Waals surface area contributed by atoms with Gasteiger partial charge >= 0.3 is 0 Å². The minimum absolute atomic E-state index is 0.0744. The van der Waals surface area contributed by atoms with Gasteiger partial charge in [0.25, 0.3) is 10.0 Å². The van der Waals surface area contributed by atoms with E-state index in [4.69, 9.17) is 10.6 Å². The Bertz CT molecular complexity index is 722. The molecule has 8 nitrogen and oxygen atoms in total. The predicted molar refractivity (Wildman–Crippen MR) is 75.1 cm³/mol. The van der Waals surface area contributed by atoms with Gasteiger partial charge in [0.2, 0.25) is 5.03 Å². The van der Waals surface area contributed by atoms with Crippen LogP contribution in [0.2, 0.25) is 0 Å². The molecule has 0 aromatic carbocycles. The second kappa shape index (κ2) is 4.97. The van der Waals surface area contributed by atoms with E-state index in [9.17, 15) is 8.42 Å². The maximum Gasteiger partial charge on any atom is 0.263 e. The van der Waals surface area contributed by atoms with Crippen LogP contribution in [-0.2, 0) is 14.8 Å². The molecular formula is C10H15N5O3S2. The summed E-state index contributed by atoms with van der Waals surface area (Å²) in [6.45, 7) is 2.88. The van der Waals surface area contributed by atoms with E-state index in [-0.39, 0.29) is 16.9 Å². The number of aromatic nitrogens is 2. The van der Waals surface area contributed by atoms with Crippen molar-refractivity contribution in [3.63, 3.8) is 0 Å². The first-order valence-corrected chi connectivity index (χ1v) is 8.40. The monoisotopic (exact) mass is 317 g/mol. The molecule has 3 N–H and O–H groups in total. The molecule has 1 unspecified atom stereocenters. The van der Waals surface area contributed by atoms with Crippen LogP contribution in [0.3, 0.4) is 0 Å². The summed E-state index contributed by atoms with van der Waals surface area (Å²) in [4.78, 5) is 4.76. The summed E-state index contributed by atoms with van der Waals surface area (Å²) in [5.41, 5.74) is 2.37. The highest BCUT2D eigenvalue weighted by Gasteiger charge is 2.34. The van der Waals surface area contributed by atoms with Gasteiger partial charge in [0.15, 0.2) is 10.8 Å². The number of morpholine rings is 1. The Morgan fingerprint density at radius 2 is 2.40 bits per heavy atom. The lowest BCUT2D eigenvalue weighted by molar-refractivity contribution is 0.0101. The number of nitrogens with zero attached hydrogens (tertiary/aromatic N) is 3. The van der Waals surface area contributed by atoms with Crippen LogP contribution in [0.4, 0.5) is 5.82 Å². The van der Waals surface area contributed by atoms with Crippen molar-refractivity contribution in [2.24, 2.45) is 5.84 Å². The first kappa shape index (κ1) is 13.8. The fourth-order valence-electron chi connectivity index (χ4n) is 2.23. The number of anilines is 1. The minimum Gasteiger partial charge on any atom is -0.376 e. The molecular weight excluding hydrogens is 302 g/mol. The number of nitrogens with one attached hydrogen (secondary N) is 1. The zero-order valence-corrected chi connectivity index (χ0v) is 12.4. The highest BCUT2D eigenvalue weighted by atomic mass is 32.2. The van der Waals surface area contributed by atoms with Gasteiger partial charge in [-0.15, -0.1) is 11.3 Å². The molecule has 2 aromatic rings. The van der Waals surface area contributed by atoms with Crippen LogP contribution in [0.25, 0.3) is 4.96 Å². The quantitative estimate of drug-likeness (QED) is 0.614. The van der Waals surface area contributed by atoms with Gasteiger partial charge in [0.1, 0.15) is 0 Å². The lowest BCUT2D eigenvalue weighted by Gasteiger charge is -2.30. The topological polar surface area (TPSA) is 102 Å². The van der Waals surface area contributed by atoms with E-state index in [0.717, 1.165) is 0 Å². The molecule has 1 aliphatic rings. The third-order valence-corrected chi connectivity index (χ3v) is 5.79. The highest BCUT2D eigenvalue weighted by molar-refractivity contribution is 7.89. The van der Waals surface area contributed by atoms with E-state index >= 15 is 0 Å². The summed E-state index contributed by atoms with van der Waals surface area (Å²) in [7, 11) is -3.67. The van der Waals surface area contributed by atoms with Crippen LogP contribution in [0, 0.1) is 0 Å². The molecule has 20 heavy (non-hydrogen) atoms. The second-order valence-corrected chi connectivity index (χ2v) is 7.24. The average molecular weight is 317 g/mol. The van der Waals surface area contributed by atoms with Gasteiger partial charge in [-0.25, -0.2) is 14.3 Å². The number of sulfonamides is 1. The van der Waals surface area contributed by atoms with Gasteiger partial charge in [0, 0.05) is 24.7 Å². The Morgan fingerprint density at radius 1 is 1.60 bits per heavy atom. The molecule has 110 valence electrons. The van der Waals surface area contributed by atoms with E-state index in [1.54, 1.807) is 11.6 Å². The molecule has 0 bridgehead atoms. The second-order valence-electron chi connectivity index (χ2n) is 4.51. The molecule has 0 aliphatic carbocycles. The number of hydrazine groups is 1. The zero-order chi connectivity index (χ0) is 14.3. The van der Waals surface area contributed by atoms with Crippen molar-refractivity contribution < 1.29 is 13.2 Å². The van der Waals surface area contributed by atoms with Crippen molar-refractivity contribution in [1.82, 2.24) is 13.7 Å². The van der Waals surface area contributed by atoms with Crippen LogP contribution in [0.15, 0.2) is 16.6 Å². The maximum absolute atomic E-state index is 12.8. The standard InChI is InChI=1S/C10H15N5O3S2/c1-7-6-14(2-4-18-7)20(16,17)9-8(13-11)12-10-15(9)3-5-19-10/h3,5,7,13H,2,4,6,11H2,1H3. The lowest BCUT2D eigenvalue weighted by Crippen LogP contribution is -2.44. The smallest absolute Gasteiger partial charge is 0.263 e. The van der Waals surface area contributed by atoms with Crippen LogP contribution < -0.4 is 11.3 Å². The third kappa shape index (κ3) is 2.09. The maximum atomic E-state index is 12.8. The molecule has 0 spiro atoms. The normalized spacial score (nSPS) is 21.4. The number of hydrogen-bond acceptors (Lipinski definition) is 7. The molecule has 3 heterocycles. The van der Waals surface area contributed by atoms with Gasteiger partial charge in [-0.3, -0.25) is 4.40 Å². The van der Waals surface area contributed by atoms with E-state index < -0.39 is 10.0 Å². The minimum atomic E-state index is -3.67. The fourth-order valence-corrected chi connectivity index (χ4v) is 4.71. The number of nitrogens with two attached hydrogens (primary N) is 1. The van der Waals surface area contributed by atoms with Crippen molar-refractivity contribution in [1.29, 1.82) is 0 Å². The summed E-state index contributed by atoms with van der Waals surface area (Å²) in [6, 6.07) is 0. The lowest BCUT2D eigenvalue weighted by atomic mass is 10.3. The number of hydrogen-bond donors (Lipinski definition) is 2. The molecule has 3 rings (SSSR count). The molecule has 0 radical (unpaired) electrons. The van der Waals surface area contributed by atoms with Crippen molar-refractivity contribution in [3.05, 3.63) is 11.6 Å². The molecule has 1 atom stereocenters. The first-order chi connectivity index (χ1) is 9.54. The number of ether oxygens (including phenoxy) is 1. The summed E-state index contributed by atoms with van der Waals surface area (Å²) in [5.74, 6) is 5.56. The number of fused-ring (bicyclic) bond motifs is 1. The predicted octanol–water partition coefficient (Wildman–Crippen LogP) is 0.0908. The molecule has 1 fully saturated rings. The van der Waals surface area contributed by atoms with E-state index in [1.807, 2.05) is 6.92 Å². The van der Waals surface area contributed by atoms with Crippen molar-refractivity contribution in [2.75, 3.05) is 25.1 Å².